The number of aromatic nitrogens is 1. The molecule has 0 spiro atoms. The highest BCUT2D eigenvalue weighted by molar-refractivity contribution is 5.61. The van der Waals surface area contributed by atoms with Gasteiger partial charge in [-0.15, -0.1) is 0 Å². The average Bonchev–Trinajstić information content (AvgIpc) is 2.82. The van der Waals surface area contributed by atoms with E-state index in [1.807, 2.05) is 37.4 Å². The molecule has 5 nitrogen and oxygen atoms in total. The van der Waals surface area contributed by atoms with Crippen molar-refractivity contribution in [3.8, 4) is 22.8 Å². The van der Waals surface area contributed by atoms with Crippen LogP contribution in [0.2, 0.25) is 0 Å². The van der Waals surface area contributed by atoms with E-state index in [2.05, 4.69) is 53.2 Å². The van der Waals surface area contributed by atoms with Crippen molar-refractivity contribution in [2.75, 3.05) is 25.2 Å². The summed E-state index contributed by atoms with van der Waals surface area (Å²) in [4.78, 5) is 7.03. The van der Waals surface area contributed by atoms with E-state index in [0.717, 1.165) is 42.1 Å². The molecule has 3 aromatic rings. The van der Waals surface area contributed by atoms with Crippen LogP contribution in [0.15, 0.2) is 66.9 Å². The summed E-state index contributed by atoms with van der Waals surface area (Å²) in [5.41, 5.74) is 10.3. The number of nitrogens with two attached hydrogens (primary N) is 1. The molecule has 0 aliphatic heterocycles. The summed E-state index contributed by atoms with van der Waals surface area (Å²) >= 11 is 0. The van der Waals surface area contributed by atoms with Gasteiger partial charge < -0.3 is 20.1 Å². The molecular weight excluding hydrogens is 386 g/mol. The second kappa shape index (κ2) is 11.4. The Bertz CT molecular complexity index is 926. The molecule has 0 saturated carbocycles. The molecule has 0 radical (unpaired) electrons. The van der Waals surface area contributed by atoms with Gasteiger partial charge in [-0.05, 0) is 92.5 Å². The average molecular weight is 420 g/mol. The first-order valence-corrected chi connectivity index (χ1v) is 11.0. The summed E-state index contributed by atoms with van der Waals surface area (Å²) in [6.07, 6.45) is 3.86. The highest BCUT2D eigenvalue weighted by Crippen LogP contribution is 2.27. The van der Waals surface area contributed by atoms with E-state index in [1.54, 1.807) is 7.11 Å². The number of hydrogen-bond donors (Lipinski definition) is 1. The lowest BCUT2D eigenvalue weighted by Crippen LogP contribution is -2.36. The number of pyridine rings is 1. The summed E-state index contributed by atoms with van der Waals surface area (Å²) < 4.78 is 10.9. The lowest BCUT2D eigenvalue weighted by atomic mass is 10.0. The molecule has 1 unspecified atom stereocenters. The minimum absolute atomic E-state index is 0.362. The van der Waals surface area contributed by atoms with Crippen LogP contribution in [0, 0.1) is 0 Å². The number of benzene rings is 2. The fraction of sp³-hybridized carbons (Fsp3) is 0.346. The SMILES string of the molecule is CCOc1ccc(-c2cc(CN(c3ccc(OC)cc3)C(CC)CCN)ccn2)cc1. The standard InChI is InChI=1S/C26H33N3O2/c1-4-22(14-16-27)29(23-8-12-24(30-3)13-9-23)19-20-15-17-28-26(18-20)21-6-10-25(11-7-21)31-5-2/h6-13,15,17-18,22H,4-5,14,16,19,27H2,1-3H3. The first-order valence-electron chi connectivity index (χ1n) is 11.0. The Kier molecular flexibility index (Phi) is 8.30. The molecule has 1 aromatic heterocycles. The fourth-order valence-electron chi connectivity index (χ4n) is 3.79. The Labute approximate surface area is 185 Å². The zero-order valence-electron chi connectivity index (χ0n) is 18.8. The highest BCUT2D eigenvalue weighted by Gasteiger charge is 2.18. The first kappa shape index (κ1) is 22.6. The monoisotopic (exact) mass is 419 g/mol. The second-order valence-corrected chi connectivity index (χ2v) is 7.47. The van der Waals surface area contributed by atoms with E-state index in [-0.39, 0.29) is 0 Å². The molecule has 0 bridgehead atoms. The van der Waals surface area contributed by atoms with E-state index < -0.39 is 0 Å². The molecule has 0 aliphatic carbocycles. The zero-order chi connectivity index (χ0) is 22.1. The quantitative estimate of drug-likeness (QED) is 0.458. The van der Waals surface area contributed by atoms with E-state index in [9.17, 15) is 0 Å². The maximum atomic E-state index is 5.93. The van der Waals surface area contributed by atoms with Crippen LogP contribution in [0.25, 0.3) is 11.3 Å². The molecule has 0 aliphatic rings. The Morgan fingerprint density at radius 1 is 0.968 bits per heavy atom. The van der Waals surface area contributed by atoms with Crippen molar-refractivity contribution in [2.24, 2.45) is 5.73 Å². The third-order valence-corrected chi connectivity index (χ3v) is 5.45. The van der Waals surface area contributed by atoms with Gasteiger partial charge in [0.2, 0.25) is 0 Å². The van der Waals surface area contributed by atoms with E-state index in [1.165, 1.54) is 11.3 Å². The number of ether oxygens (including phenoxy) is 2. The minimum Gasteiger partial charge on any atom is -0.497 e. The van der Waals surface area contributed by atoms with E-state index in [0.29, 0.717) is 19.2 Å². The van der Waals surface area contributed by atoms with Crippen LogP contribution in [-0.2, 0) is 6.54 Å². The number of hydrogen-bond acceptors (Lipinski definition) is 5. The summed E-state index contributed by atoms with van der Waals surface area (Å²) in [6, 6.07) is 21.0. The smallest absolute Gasteiger partial charge is 0.119 e. The van der Waals surface area contributed by atoms with Gasteiger partial charge in [-0.1, -0.05) is 6.92 Å². The van der Waals surface area contributed by atoms with Gasteiger partial charge in [0.25, 0.3) is 0 Å². The number of anilines is 1. The normalized spacial score (nSPS) is 11.7. The van der Waals surface area contributed by atoms with Crippen LogP contribution in [0.3, 0.4) is 0 Å². The van der Waals surface area contributed by atoms with Crippen molar-refractivity contribution in [1.29, 1.82) is 0 Å². The van der Waals surface area contributed by atoms with Crippen molar-refractivity contribution in [3.63, 3.8) is 0 Å². The Hall–Kier alpha value is -3.05. The third-order valence-electron chi connectivity index (χ3n) is 5.45. The van der Waals surface area contributed by atoms with Crippen molar-refractivity contribution in [1.82, 2.24) is 4.98 Å². The highest BCUT2D eigenvalue weighted by atomic mass is 16.5. The lowest BCUT2D eigenvalue weighted by Gasteiger charge is -2.33. The number of methoxy groups -OCH3 is 1. The molecule has 2 aromatic carbocycles. The molecule has 3 rings (SSSR count). The van der Waals surface area contributed by atoms with Crippen LogP contribution in [0.4, 0.5) is 5.69 Å². The minimum atomic E-state index is 0.362. The van der Waals surface area contributed by atoms with Crippen molar-refractivity contribution in [3.05, 3.63) is 72.4 Å². The summed E-state index contributed by atoms with van der Waals surface area (Å²) in [7, 11) is 1.69. The van der Waals surface area contributed by atoms with Gasteiger partial charge in [-0.3, -0.25) is 4.98 Å². The largest absolute Gasteiger partial charge is 0.497 e. The second-order valence-electron chi connectivity index (χ2n) is 7.47. The summed E-state index contributed by atoms with van der Waals surface area (Å²) in [5.74, 6) is 1.73. The van der Waals surface area contributed by atoms with Crippen molar-refractivity contribution in [2.45, 2.75) is 39.3 Å². The Morgan fingerprint density at radius 3 is 2.29 bits per heavy atom. The molecule has 0 fully saturated rings. The van der Waals surface area contributed by atoms with Crippen molar-refractivity contribution < 1.29 is 9.47 Å². The van der Waals surface area contributed by atoms with Gasteiger partial charge in [0, 0.05) is 30.0 Å². The first-order chi connectivity index (χ1) is 15.2. The van der Waals surface area contributed by atoms with Crippen LogP contribution in [0.1, 0.15) is 32.3 Å². The van der Waals surface area contributed by atoms with Crippen LogP contribution < -0.4 is 20.1 Å². The van der Waals surface area contributed by atoms with Gasteiger partial charge in [0.15, 0.2) is 0 Å². The number of nitrogens with zero attached hydrogens (tertiary/aromatic N) is 2. The number of rotatable bonds is 11. The molecule has 2 N–H and O–H groups in total. The van der Waals surface area contributed by atoms with Crippen LogP contribution >= 0.6 is 0 Å². The topological polar surface area (TPSA) is 60.6 Å². The van der Waals surface area contributed by atoms with Gasteiger partial charge in [-0.25, -0.2) is 0 Å². The Balaban J connectivity index is 1.87. The lowest BCUT2D eigenvalue weighted by molar-refractivity contribution is 0.340. The fourth-order valence-corrected chi connectivity index (χ4v) is 3.79. The maximum Gasteiger partial charge on any atom is 0.119 e. The molecule has 0 saturated heterocycles. The predicted octanol–water partition coefficient (Wildman–Crippen LogP) is 5.29. The van der Waals surface area contributed by atoms with Crippen LogP contribution in [-0.4, -0.2) is 31.3 Å². The van der Waals surface area contributed by atoms with Gasteiger partial charge in [0.1, 0.15) is 11.5 Å². The summed E-state index contributed by atoms with van der Waals surface area (Å²) in [5, 5.41) is 0. The summed E-state index contributed by atoms with van der Waals surface area (Å²) in [6.45, 7) is 6.32. The predicted molar refractivity (Wildman–Crippen MR) is 128 cm³/mol. The molecule has 5 heteroatoms. The van der Waals surface area contributed by atoms with Gasteiger partial charge in [-0.2, -0.15) is 0 Å². The van der Waals surface area contributed by atoms with Crippen LogP contribution in [0.5, 0.6) is 11.5 Å². The van der Waals surface area contributed by atoms with Gasteiger partial charge >= 0.3 is 0 Å². The third kappa shape index (κ3) is 5.98. The molecular formula is C26H33N3O2. The molecule has 1 atom stereocenters. The zero-order valence-corrected chi connectivity index (χ0v) is 18.8. The molecule has 31 heavy (non-hydrogen) atoms. The molecule has 1 heterocycles. The van der Waals surface area contributed by atoms with E-state index >= 15 is 0 Å². The maximum absolute atomic E-state index is 5.93. The molecule has 164 valence electrons. The van der Waals surface area contributed by atoms with Crippen molar-refractivity contribution >= 4 is 5.69 Å². The van der Waals surface area contributed by atoms with E-state index in [4.69, 9.17) is 15.2 Å². The molecule has 0 amide bonds. The Morgan fingerprint density at radius 2 is 1.68 bits per heavy atom. The van der Waals surface area contributed by atoms with Gasteiger partial charge in [0.05, 0.1) is 19.4 Å².